The van der Waals surface area contributed by atoms with E-state index in [1.807, 2.05) is 12.3 Å². The molecule has 21 heavy (non-hydrogen) atoms. The Hall–Kier alpha value is -2.37. The number of carbonyl (C=O) groups is 1. The van der Waals surface area contributed by atoms with Crippen LogP contribution in [0.3, 0.4) is 0 Å². The van der Waals surface area contributed by atoms with Gasteiger partial charge >= 0.3 is 0 Å². The highest BCUT2D eigenvalue weighted by Gasteiger charge is 2.14. The van der Waals surface area contributed by atoms with Gasteiger partial charge in [-0.25, -0.2) is 0 Å². The molecule has 0 aliphatic rings. The third-order valence-electron chi connectivity index (χ3n) is 3.18. The summed E-state index contributed by atoms with van der Waals surface area (Å²) < 4.78 is 0. The van der Waals surface area contributed by atoms with Crippen LogP contribution in [0.15, 0.2) is 30.5 Å². The van der Waals surface area contributed by atoms with E-state index in [4.69, 9.17) is 0 Å². The lowest BCUT2D eigenvalue weighted by Gasteiger charge is -2.14. The molecule has 0 heterocycles. The van der Waals surface area contributed by atoms with Gasteiger partial charge in [0.2, 0.25) is 0 Å². The standard InChI is InChI=1S/C15H21N3O3/c1-4-17(5-2)10-6-9-16-15(19)13-8-7-12(3)14(11-13)18(20)21/h6-8,10-11H,4-5,9H2,1-3H3,(H,16,19)/b10-6+. The molecule has 0 aliphatic heterocycles. The van der Waals surface area contributed by atoms with Gasteiger partial charge in [0.25, 0.3) is 11.6 Å². The monoisotopic (exact) mass is 291 g/mol. The van der Waals surface area contributed by atoms with Crippen molar-refractivity contribution in [2.75, 3.05) is 19.6 Å². The molecule has 1 N–H and O–H groups in total. The van der Waals surface area contributed by atoms with Crippen molar-refractivity contribution in [2.45, 2.75) is 20.8 Å². The highest BCUT2D eigenvalue weighted by Crippen LogP contribution is 2.19. The maximum atomic E-state index is 11.9. The molecular weight excluding hydrogens is 270 g/mol. The summed E-state index contributed by atoms with van der Waals surface area (Å²) >= 11 is 0. The molecule has 0 aromatic heterocycles. The summed E-state index contributed by atoms with van der Waals surface area (Å²) in [5.41, 5.74) is 0.794. The van der Waals surface area contributed by atoms with Crippen LogP contribution in [0, 0.1) is 17.0 Å². The number of nitro groups is 1. The second kappa shape index (κ2) is 8.04. The summed E-state index contributed by atoms with van der Waals surface area (Å²) in [6.07, 6.45) is 3.78. The lowest BCUT2D eigenvalue weighted by molar-refractivity contribution is -0.385. The fraction of sp³-hybridized carbons (Fsp3) is 0.400. The topological polar surface area (TPSA) is 75.5 Å². The normalized spacial score (nSPS) is 10.6. The first-order valence-electron chi connectivity index (χ1n) is 6.93. The zero-order chi connectivity index (χ0) is 15.8. The lowest BCUT2D eigenvalue weighted by Crippen LogP contribution is -2.24. The Kier molecular flexibility index (Phi) is 6.39. The number of aryl methyl sites for hydroxylation is 1. The first-order chi connectivity index (χ1) is 9.99. The minimum absolute atomic E-state index is 0.0404. The van der Waals surface area contributed by atoms with Crippen molar-refractivity contribution < 1.29 is 9.72 Å². The van der Waals surface area contributed by atoms with Crippen molar-refractivity contribution >= 4 is 11.6 Å². The van der Waals surface area contributed by atoms with Gasteiger partial charge in [-0.15, -0.1) is 0 Å². The molecule has 1 amide bonds. The SMILES string of the molecule is CCN(/C=C/CNC(=O)c1ccc(C)c([N+](=O)[O-])c1)CC. The van der Waals surface area contributed by atoms with Crippen LogP contribution in [0.4, 0.5) is 5.69 Å². The third kappa shape index (κ3) is 4.91. The van der Waals surface area contributed by atoms with Gasteiger partial charge in [-0.2, -0.15) is 0 Å². The molecule has 6 heteroatoms. The molecule has 0 saturated carbocycles. The van der Waals surface area contributed by atoms with Gasteiger partial charge in [0.05, 0.1) is 4.92 Å². The van der Waals surface area contributed by atoms with Crippen LogP contribution in [0.1, 0.15) is 29.8 Å². The summed E-state index contributed by atoms with van der Waals surface area (Å²) in [6, 6.07) is 4.48. The zero-order valence-corrected chi connectivity index (χ0v) is 12.6. The number of benzene rings is 1. The van der Waals surface area contributed by atoms with Crippen LogP contribution in [0.5, 0.6) is 0 Å². The summed E-state index contributed by atoms with van der Waals surface area (Å²) in [4.78, 5) is 24.4. The highest BCUT2D eigenvalue weighted by atomic mass is 16.6. The van der Waals surface area contributed by atoms with E-state index < -0.39 is 4.92 Å². The van der Waals surface area contributed by atoms with E-state index in [0.717, 1.165) is 13.1 Å². The fourth-order valence-electron chi connectivity index (χ4n) is 1.84. The predicted octanol–water partition coefficient (Wildman–Crippen LogP) is 2.49. The molecule has 0 spiro atoms. The van der Waals surface area contributed by atoms with Crippen LogP contribution in [-0.2, 0) is 0 Å². The van der Waals surface area contributed by atoms with Gasteiger partial charge in [0.15, 0.2) is 0 Å². The lowest BCUT2D eigenvalue weighted by atomic mass is 10.1. The highest BCUT2D eigenvalue weighted by molar-refractivity contribution is 5.95. The van der Waals surface area contributed by atoms with Gasteiger partial charge < -0.3 is 10.2 Å². The number of nitrogens with zero attached hydrogens (tertiary/aromatic N) is 2. The van der Waals surface area contributed by atoms with Crippen molar-refractivity contribution in [2.24, 2.45) is 0 Å². The quantitative estimate of drug-likeness (QED) is 0.618. The molecule has 0 bridgehead atoms. The number of hydrogen-bond acceptors (Lipinski definition) is 4. The van der Waals surface area contributed by atoms with Crippen molar-refractivity contribution in [3.63, 3.8) is 0 Å². The summed E-state index contributed by atoms with van der Waals surface area (Å²) in [6.45, 7) is 7.95. The molecular formula is C15H21N3O3. The van der Waals surface area contributed by atoms with Gasteiger partial charge in [-0.1, -0.05) is 6.07 Å². The number of amides is 1. The Balaban J connectivity index is 2.64. The van der Waals surface area contributed by atoms with Crippen molar-refractivity contribution in [1.82, 2.24) is 10.2 Å². The molecule has 0 unspecified atom stereocenters. The van der Waals surface area contributed by atoms with Gasteiger partial charge in [-0.05, 0) is 39.1 Å². The van der Waals surface area contributed by atoms with E-state index in [1.54, 1.807) is 19.1 Å². The molecule has 0 atom stereocenters. The van der Waals surface area contributed by atoms with Crippen LogP contribution < -0.4 is 5.32 Å². The van der Waals surface area contributed by atoms with Crippen LogP contribution in [0.2, 0.25) is 0 Å². The molecule has 0 fully saturated rings. The van der Waals surface area contributed by atoms with Gasteiger partial charge in [0, 0.05) is 36.8 Å². The van der Waals surface area contributed by atoms with E-state index in [9.17, 15) is 14.9 Å². The summed E-state index contributed by atoms with van der Waals surface area (Å²) in [5, 5.41) is 13.6. The molecule has 1 aromatic rings. The second-order valence-corrected chi connectivity index (χ2v) is 4.57. The molecule has 0 aliphatic carbocycles. The van der Waals surface area contributed by atoms with E-state index in [0.29, 0.717) is 17.7 Å². The molecule has 0 radical (unpaired) electrons. The Bertz CT molecular complexity index is 537. The van der Waals surface area contributed by atoms with E-state index in [-0.39, 0.29) is 11.6 Å². The molecule has 1 aromatic carbocycles. The van der Waals surface area contributed by atoms with Crippen LogP contribution >= 0.6 is 0 Å². The largest absolute Gasteiger partial charge is 0.378 e. The van der Waals surface area contributed by atoms with E-state index in [1.165, 1.54) is 6.07 Å². The minimum Gasteiger partial charge on any atom is -0.378 e. The zero-order valence-electron chi connectivity index (χ0n) is 12.6. The smallest absolute Gasteiger partial charge is 0.273 e. The average molecular weight is 291 g/mol. The van der Waals surface area contributed by atoms with Gasteiger partial charge in [0.1, 0.15) is 0 Å². The van der Waals surface area contributed by atoms with Crippen molar-refractivity contribution in [1.29, 1.82) is 0 Å². The number of hydrogen-bond donors (Lipinski definition) is 1. The number of carbonyl (C=O) groups excluding carboxylic acids is 1. The Morgan fingerprint density at radius 1 is 1.38 bits per heavy atom. The average Bonchev–Trinajstić information content (AvgIpc) is 2.47. The Morgan fingerprint density at radius 2 is 2.05 bits per heavy atom. The third-order valence-corrected chi connectivity index (χ3v) is 3.18. The van der Waals surface area contributed by atoms with Gasteiger partial charge in [-0.3, -0.25) is 14.9 Å². The Morgan fingerprint density at radius 3 is 2.62 bits per heavy atom. The minimum atomic E-state index is -0.480. The fourth-order valence-corrected chi connectivity index (χ4v) is 1.84. The first kappa shape index (κ1) is 16.7. The Labute approximate surface area is 124 Å². The number of nitrogens with one attached hydrogen (secondary N) is 1. The number of nitro benzene ring substituents is 1. The van der Waals surface area contributed by atoms with E-state index in [2.05, 4.69) is 24.1 Å². The van der Waals surface area contributed by atoms with Crippen LogP contribution in [0.25, 0.3) is 0 Å². The summed E-state index contributed by atoms with van der Waals surface area (Å²) in [7, 11) is 0. The summed E-state index contributed by atoms with van der Waals surface area (Å²) in [5.74, 6) is -0.317. The maximum Gasteiger partial charge on any atom is 0.273 e. The molecule has 114 valence electrons. The molecule has 6 nitrogen and oxygen atoms in total. The van der Waals surface area contributed by atoms with E-state index >= 15 is 0 Å². The van der Waals surface area contributed by atoms with Crippen LogP contribution in [-0.4, -0.2) is 35.4 Å². The van der Waals surface area contributed by atoms with Crippen molar-refractivity contribution in [3.05, 3.63) is 51.7 Å². The predicted molar refractivity (Wildman–Crippen MR) is 82.2 cm³/mol. The molecule has 1 rings (SSSR count). The maximum absolute atomic E-state index is 11.9. The molecule has 0 saturated heterocycles. The number of rotatable bonds is 7. The first-order valence-corrected chi connectivity index (χ1v) is 6.93. The second-order valence-electron chi connectivity index (χ2n) is 4.57. The van der Waals surface area contributed by atoms with Crippen molar-refractivity contribution in [3.8, 4) is 0 Å².